The smallest absolute Gasteiger partial charge is 0.253 e. The number of halogens is 3. The Balaban J connectivity index is 0.00000162. The van der Waals surface area contributed by atoms with Gasteiger partial charge in [0.15, 0.2) is 0 Å². The molecule has 1 aromatic carbocycles. The number of hydrogen-bond acceptors (Lipinski definition) is 2. The van der Waals surface area contributed by atoms with E-state index in [1.807, 2.05) is 12.1 Å². The van der Waals surface area contributed by atoms with Gasteiger partial charge in [-0.1, -0.05) is 11.6 Å². The molecule has 1 amide bonds. The first kappa shape index (κ1) is 16.0. The summed E-state index contributed by atoms with van der Waals surface area (Å²) in [6.07, 6.45) is 2.13. The molecule has 1 aliphatic rings. The molecule has 1 fully saturated rings. The quantitative estimate of drug-likeness (QED) is 0.749. The zero-order chi connectivity index (χ0) is 12.3. The van der Waals surface area contributed by atoms with Crippen molar-refractivity contribution in [2.45, 2.75) is 18.9 Å². The lowest BCUT2D eigenvalue weighted by molar-refractivity contribution is 0.0931. The van der Waals surface area contributed by atoms with Gasteiger partial charge in [0.2, 0.25) is 0 Å². The molecule has 0 bridgehead atoms. The van der Waals surface area contributed by atoms with Crippen LogP contribution in [0.25, 0.3) is 0 Å². The number of hydrogen-bond donors (Lipinski definition) is 2. The van der Waals surface area contributed by atoms with Gasteiger partial charge in [0.1, 0.15) is 0 Å². The number of piperidine rings is 1. The van der Waals surface area contributed by atoms with Gasteiger partial charge in [-0.15, -0.1) is 12.4 Å². The molecule has 0 aromatic heterocycles. The van der Waals surface area contributed by atoms with Crippen LogP contribution in [-0.2, 0) is 0 Å². The first-order valence-corrected chi connectivity index (χ1v) is 7.09. The molecular weight excluding hydrogens is 386 g/mol. The molecule has 6 heteroatoms. The summed E-state index contributed by atoms with van der Waals surface area (Å²) in [5.41, 5.74) is 0.559. The van der Waals surface area contributed by atoms with Crippen LogP contribution in [0.2, 0.25) is 5.02 Å². The number of amides is 1. The lowest BCUT2D eigenvalue weighted by Gasteiger charge is -2.24. The highest BCUT2D eigenvalue weighted by Crippen LogP contribution is 2.19. The fourth-order valence-electron chi connectivity index (χ4n) is 1.91. The van der Waals surface area contributed by atoms with Gasteiger partial charge >= 0.3 is 0 Å². The van der Waals surface area contributed by atoms with Crippen molar-refractivity contribution in [3.63, 3.8) is 0 Å². The molecule has 1 aliphatic heterocycles. The molecule has 3 nitrogen and oxygen atoms in total. The average Bonchev–Trinajstić information content (AvgIpc) is 2.33. The van der Waals surface area contributed by atoms with Crippen molar-refractivity contribution in [1.29, 1.82) is 0 Å². The van der Waals surface area contributed by atoms with Crippen molar-refractivity contribution in [2.75, 3.05) is 13.1 Å². The topological polar surface area (TPSA) is 41.1 Å². The standard InChI is InChI=1S/C12H14ClIN2O.ClH/c13-11-4-3-8(14)6-10(11)12(17)16-9-2-1-5-15-7-9;/h3-4,6,9,15H,1-2,5,7H2,(H,16,17);1H/t9-;/m0./s1. The maximum absolute atomic E-state index is 12.1. The van der Waals surface area contributed by atoms with Crippen LogP contribution in [0.4, 0.5) is 0 Å². The molecular formula is C12H15Cl2IN2O. The summed E-state index contributed by atoms with van der Waals surface area (Å²) in [4.78, 5) is 12.1. The van der Waals surface area contributed by atoms with Crippen LogP contribution >= 0.6 is 46.6 Å². The Hall–Kier alpha value is -0.0400. The van der Waals surface area contributed by atoms with E-state index < -0.39 is 0 Å². The van der Waals surface area contributed by atoms with E-state index in [-0.39, 0.29) is 24.4 Å². The third-order valence-corrected chi connectivity index (χ3v) is 3.81. The first-order chi connectivity index (χ1) is 8.16. The van der Waals surface area contributed by atoms with Crippen molar-refractivity contribution < 1.29 is 4.79 Å². The summed E-state index contributed by atoms with van der Waals surface area (Å²) in [7, 11) is 0. The lowest BCUT2D eigenvalue weighted by Crippen LogP contribution is -2.45. The van der Waals surface area contributed by atoms with Crippen molar-refractivity contribution in [3.8, 4) is 0 Å². The minimum Gasteiger partial charge on any atom is -0.348 e. The second kappa shape index (κ2) is 7.53. The van der Waals surface area contributed by atoms with Crippen LogP contribution in [0.5, 0.6) is 0 Å². The van der Waals surface area contributed by atoms with Gasteiger partial charge in [-0.05, 0) is 60.2 Å². The number of nitrogens with one attached hydrogen (secondary N) is 2. The second-order valence-electron chi connectivity index (χ2n) is 4.14. The van der Waals surface area contributed by atoms with E-state index in [9.17, 15) is 4.79 Å². The van der Waals surface area contributed by atoms with Crippen LogP contribution < -0.4 is 10.6 Å². The van der Waals surface area contributed by atoms with Crippen LogP contribution in [0.15, 0.2) is 18.2 Å². The molecule has 2 rings (SSSR count). The molecule has 0 aliphatic carbocycles. The highest BCUT2D eigenvalue weighted by molar-refractivity contribution is 14.1. The summed E-state index contributed by atoms with van der Waals surface area (Å²) in [6, 6.07) is 5.68. The van der Waals surface area contributed by atoms with E-state index in [1.165, 1.54) is 0 Å². The van der Waals surface area contributed by atoms with Gasteiger partial charge in [0.25, 0.3) is 5.91 Å². The zero-order valence-electron chi connectivity index (χ0n) is 9.71. The second-order valence-corrected chi connectivity index (χ2v) is 5.79. The van der Waals surface area contributed by atoms with Gasteiger partial charge in [0.05, 0.1) is 10.6 Å². The SMILES string of the molecule is Cl.O=C(N[C@H]1CCCNC1)c1cc(I)ccc1Cl. The van der Waals surface area contributed by atoms with Crippen LogP contribution in [0.1, 0.15) is 23.2 Å². The maximum atomic E-state index is 12.1. The predicted molar refractivity (Wildman–Crippen MR) is 84.8 cm³/mol. The molecule has 100 valence electrons. The Kier molecular flexibility index (Phi) is 6.70. The molecule has 18 heavy (non-hydrogen) atoms. The van der Waals surface area contributed by atoms with Crippen molar-refractivity contribution >= 4 is 52.5 Å². The minimum atomic E-state index is -0.0813. The van der Waals surface area contributed by atoms with Gasteiger partial charge in [-0.2, -0.15) is 0 Å². The van der Waals surface area contributed by atoms with Gasteiger partial charge in [-0.3, -0.25) is 4.79 Å². The molecule has 2 N–H and O–H groups in total. The third-order valence-electron chi connectivity index (χ3n) is 2.81. The van der Waals surface area contributed by atoms with Gasteiger partial charge in [-0.25, -0.2) is 0 Å². The fraction of sp³-hybridized carbons (Fsp3) is 0.417. The highest BCUT2D eigenvalue weighted by Gasteiger charge is 2.18. The molecule has 1 atom stereocenters. The normalized spacial score (nSPS) is 18.9. The van der Waals surface area contributed by atoms with Gasteiger partial charge in [0, 0.05) is 16.2 Å². The molecule has 0 radical (unpaired) electrons. The molecule has 1 aromatic rings. The van der Waals surface area contributed by atoms with Crippen LogP contribution in [0.3, 0.4) is 0 Å². The van der Waals surface area contributed by atoms with Gasteiger partial charge < -0.3 is 10.6 Å². The van der Waals surface area contributed by atoms with E-state index in [0.717, 1.165) is 29.5 Å². The molecule has 0 saturated carbocycles. The number of rotatable bonds is 2. The Morgan fingerprint density at radius 3 is 2.94 bits per heavy atom. The average molecular weight is 401 g/mol. The minimum absolute atomic E-state index is 0. The Morgan fingerprint density at radius 1 is 1.50 bits per heavy atom. The van der Waals surface area contributed by atoms with E-state index in [4.69, 9.17) is 11.6 Å². The third kappa shape index (κ3) is 4.26. The first-order valence-electron chi connectivity index (χ1n) is 5.63. The lowest BCUT2D eigenvalue weighted by atomic mass is 10.1. The Bertz CT molecular complexity index is 423. The van der Waals surface area contributed by atoms with Crippen LogP contribution in [0, 0.1) is 3.57 Å². The van der Waals surface area contributed by atoms with Crippen LogP contribution in [-0.4, -0.2) is 25.0 Å². The summed E-state index contributed by atoms with van der Waals surface area (Å²) in [5, 5.41) is 6.79. The summed E-state index contributed by atoms with van der Waals surface area (Å²) in [6.45, 7) is 1.88. The van der Waals surface area contributed by atoms with Crippen molar-refractivity contribution in [2.24, 2.45) is 0 Å². The maximum Gasteiger partial charge on any atom is 0.253 e. The van der Waals surface area contributed by atoms with E-state index in [2.05, 4.69) is 33.2 Å². The number of benzene rings is 1. The summed E-state index contributed by atoms with van der Waals surface area (Å²) in [5.74, 6) is -0.0813. The van der Waals surface area contributed by atoms with Crippen molar-refractivity contribution in [3.05, 3.63) is 32.4 Å². The fourth-order valence-corrected chi connectivity index (χ4v) is 2.60. The highest BCUT2D eigenvalue weighted by atomic mass is 127. The molecule has 0 unspecified atom stereocenters. The summed E-state index contributed by atoms with van der Waals surface area (Å²) < 4.78 is 1.01. The Morgan fingerprint density at radius 2 is 2.28 bits per heavy atom. The molecule has 0 spiro atoms. The predicted octanol–water partition coefficient (Wildman–Crippen LogP) is 2.85. The van der Waals surface area contributed by atoms with E-state index in [0.29, 0.717) is 10.6 Å². The van der Waals surface area contributed by atoms with E-state index >= 15 is 0 Å². The number of carbonyl (C=O) groups is 1. The monoisotopic (exact) mass is 400 g/mol. The van der Waals surface area contributed by atoms with Crippen molar-refractivity contribution in [1.82, 2.24) is 10.6 Å². The molecule has 1 saturated heterocycles. The zero-order valence-corrected chi connectivity index (χ0v) is 13.4. The number of carbonyl (C=O) groups excluding carboxylic acids is 1. The largest absolute Gasteiger partial charge is 0.348 e. The summed E-state index contributed by atoms with van der Waals surface area (Å²) >= 11 is 8.20. The Labute approximate surface area is 132 Å². The molecule has 1 heterocycles. The van der Waals surface area contributed by atoms with E-state index in [1.54, 1.807) is 6.07 Å².